The first kappa shape index (κ1) is 17.3. The molecular formula is C14H19BrN2O4. The number of anilines is 1. The molecule has 0 spiro atoms. The van der Waals surface area contributed by atoms with Crippen LogP contribution in [0.1, 0.15) is 19.8 Å². The number of rotatable bonds is 7. The topological polar surface area (TPSA) is 87.7 Å². The zero-order chi connectivity index (χ0) is 15.8. The summed E-state index contributed by atoms with van der Waals surface area (Å²) in [7, 11) is 1.52. The average Bonchev–Trinajstić information content (AvgIpc) is 2.43. The third-order valence-corrected chi connectivity index (χ3v) is 3.49. The zero-order valence-corrected chi connectivity index (χ0v) is 13.6. The standard InChI is InChI=1S/C14H19BrN2O4/c1-3-9(6-13(18)19)8-16-14(20)17-11-7-10(15)4-5-12(11)21-2/h4-5,7,9H,3,6,8H2,1-2H3,(H,18,19)(H2,16,17,20). The van der Waals surface area contributed by atoms with E-state index >= 15 is 0 Å². The van der Waals surface area contributed by atoms with Gasteiger partial charge in [-0.25, -0.2) is 4.79 Å². The Balaban J connectivity index is 2.57. The van der Waals surface area contributed by atoms with Crippen LogP contribution in [0.4, 0.5) is 10.5 Å². The summed E-state index contributed by atoms with van der Waals surface area (Å²) >= 11 is 3.32. The minimum atomic E-state index is -0.863. The number of methoxy groups -OCH3 is 1. The lowest BCUT2D eigenvalue weighted by atomic mass is 10.0. The largest absolute Gasteiger partial charge is 0.495 e. The molecule has 6 nitrogen and oxygen atoms in total. The molecular weight excluding hydrogens is 340 g/mol. The van der Waals surface area contributed by atoms with Crippen LogP contribution in [0.25, 0.3) is 0 Å². The molecule has 1 aromatic carbocycles. The number of amides is 2. The van der Waals surface area contributed by atoms with Crippen LogP contribution in [0, 0.1) is 5.92 Å². The van der Waals surface area contributed by atoms with Crippen molar-refractivity contribution in [2.45, 2.75) is 19.8 Å². The van der Waals surface area contributed by atoms with E-state index in [1.807, 2.05) is 13.0 Å². The van der Waals surface area contributed by atoms with Gasteiger partial charge >= 0.3 is 12.0 Å². The second-order valence-corrected chi connectivity index (χ2v) is 5.47. The number of hydrogen-bond donors (Lipinski definition) is 3. The second-order valence-electron chi connectivity index (χ2n) is 4.55. The summed E-state index contributed by atoms with van der Waals surface area (Å²) in [5.74, 6) is -0.402. The van der Waals surface area contributed by atoms with Crippen molar-refractivity contribution >= 4 is 33.6 Å². The van der Waals surface area contributed by atoms with Gasteiger partial charge in [-0.1, -0.05) is 29.3 Å². The fraction of sp³-hybridized carbons (Fsp3) is 0.429. The summed E-state index contributed by atoms with van der Waals surface area (Å²) in [5, 5.41) is 14.1. The van der Waals surface area contributed by atoms with Crippen molar-refractivity contribution in [1.29, 1.82) is 0 Å². The van der Waals surface area contributed by atoms with E-state index in [-0.39, 0.29) is 12.3 Å². The van der Waals surface area contributed by atoms with E-state index in [0.717, 1.165) is 4.47 Å². The van der Waals surface area contributed by atoms with Gasteiger partial charge in [0.1, 0.15) is 5.75 Å². The molecule has 21 heavy (non-hydrogen) atoms. The van der Waals surface area contributed by atoms with E-state index in [9.17, 15) is 9.59 Å². The zero-order valence-electron chi connectivity index (χ0n) is 12.0. The van der Waals surface area contributed by atoms with E-state index in [1.165, 1.54) is 7.11 Å². The Morgan fingerprint density at radius 2 is 2.14 bits per heavy atom. The number of carboxylic acids is 1. The normalized spacial score (nSPS) is 11.6. The number of carboxylic acid groups (broad SMARTS) is 1. The predicted octanol–water partition coefficient (Wildman–Crippen LogP) is 3.08. The van der Waals surface area contributed by atoms with Crippen molar-refractivity contribution in [2.24, 2.45) is 5.92 Å². The summed E-state index contributed by atoms with van der Waals surface area (Å²) < 4.78 is 5.98. The summed E-state index contributed by atoms with van der Waals surface area (Å²) in [6, 6.07) is 4.88. The Morgan fingerprint density at radius 3 is 2.71 bits per heavy atom. The summed E-state index contributed by atoms with van der Waals surface area (Å²) in [5.41, 5.74) is 0.538. The molecule has 0 saturated heterocycles. The van der Waals surface area contributed by atoms with Crippen molar-refractivity contribution in [3.05, 3.63) is 22.7 Å². The first-order valence-electron chi connectivity index (χ1n) is 6.56. The molecule has 116 valence electrons. The number of hydrogen-bond acceptors (Lipinski definition) is 3. The first-order valence-corrected chi connectivity index (χ1v) is 7.35. The number of aliphatic carboxylic acids is 1. The van der Waals surface area contributed by atoms with Gasteiger partial charge in [-0.05, 0) is 24.1 Å². The fourth-order valence-electron chi connectivity index (χ4n) is 1.79. The molecule has 2 amide bonds. The Bertz CT molecular complexity index is 508. The molecule has 0 aliphatic rings. The van der Waals surface area contributed by atoms with Crippen LogP contribution in [0.2, 0.25) is 0 Å². The molecule has 0 radical (unpaired) electrons. The van der Waals surface area contributed by atoms with Crippen molar-refractivity contribution in [1.82, 2.24) is 5.32 Å². The second kappa shape index (κ2) is 8.51. The van der Waals surface area contributed by atoms with Crippen LogP contribution in [-0.4, -0.2) is 30.8 Å². The van der Waals surface area contributed by atoms with Gasteiger partial charge in [0.2, 0.25) is 0 Å². The van der Waals surface area contributed by atoms with Gasteiger partial charge in [-0.3, -0.25) is 4.79 Å². The molecule has 1 atom stereocenters. The van der Waals surface area contributed by atoms with Gasteiger partial charge < -0.3 is 20.5 Å². The van der Waals surface area contributed by atoms with Crippen LogP contribution in [-0.2, 0) is 4.79 Å². The van der Waals surface area contributed by atoms with Gasteiger partial charge in [-0.2, -0.15) is 0 Å². The number of carbonyl (C=O) groups excluding carboxylic acids is 1. The average molecular weight is 359 g/mol. The van der Waals surface area contributed by atoms with Crippen LogP contribution >= 0.6 is 15.9 Å². The highest BCUT2D eigenvalue weighted by atomic mass is 79.9. The number of nitrogens with one attached hydrogen (secondary N) is 2. The monoisotopic (exact) mass is 358 g/mol. The minimum absolute atomic E-state index is 0.0387. The third-order valence-electron chi connectivity index (χ3n) is 3.00. The van der Waals surface area contributed by atoms with Gasteiger partial charge in [-0.15, -0.1) is 0 Å². The lowest BCUT2D eigenvalue weighted by Crippen LogP contribution is -2.33. The molecule has 1 unspecified atom stereocenters. The maximum Gasteiger partial charge on any atom is 0.319 e. The SMILES string of the molecule is CCC(CNC(=O)Nc1cc(Br)ccc1OC)CC(=O)O. The number of halogens is 1. The quantitative estimate of drug-likeness (QED) is 0.698. The Kier molecular flexibility index (Phi) is 7.01. The maximum atomic E-state index is 11.9. The highest BCUT2D eigenvalue weighted by Gasteiger charge is 2.13. The molecule has 7 heteroatoms. The van der Waals surface area contributed by atoms with E-state index in [2.05, 4.69) is 26.6 Å². The van der Waals surface area contributed by atoms with E-state index in [0.29, 0.717) is 24.4 Å². The first-order chi connectivity index (χ1) is 9.96. The maximum absolute atomic E-state index is 11.9. The fourth-order valence-corrected chi connectivity index (χ4v) is 2.15. The van der Waals surface area contributed by atoms with Crippen LogP contribution < -0.4 is 15.4 Å². The molecule has 1 aromatic rings. The van der Waals surface area contributed by atoms with E-state index < -0.39 is 12.0 Å². The Morgan fingerprint density at radius 1 is 1.43 bits per heavy atom. The lowest BCUT2D eigenvalue weighted by molar-refractivity contribution is -0.138. The number of ether oxygens (including phenoxy) is 1. The Labute approximate surface area is 132 Å². The van der Waals surface area contributed by atoms with Crippen LogP contribution in [0.3, 0.4) is 0 Å². The van der Waals surface area contributed by atoms with E-state index in [4.69, 9.17) is 9.84 Å². The summed E-state index contributed by atoms with van der Waals surface area (Å²) in [6.07, 6.45) is 0.726. The molecule has 0 aromatic heterocycles. The molecule has 3 N–H and O–H groups in total. The highest BCUT2D eigenvalue weighted by Crippen LogP contribution is 2.27. The van der Waals surface area contributed by atoms with Gasteiger partial charge in [0.15, 0.2) is 0 Å². The minimum Gasteiger partial charge on any atom is -0.495 e. The third kappa shape index (κ3) is 6.03. The van der Waals surface area contributed by atoms with Gasteiger partial charge in [0, 0.05) is 17.4 Å². The Hall–Kier alpha value is -1.76. The molecule has 0 fully saturated rings. The number of carbonyl (C=O) groups is 2. The van der Waals surface area contributed by atoms with Crippen molar-refractivity contribution in [3.63, 3.8) is 0 Å². The van der Waals surface area contributed by atoms with E-state index in [1.54, 1.807) is 12.1 Å². The molecule has 1 rings (SSSR count). The highest BCUT2D eigenvalue weighted by molar-refractivity contribution is 9.10. The predicted molar refractivity (Wildman–Crippen MR) is 83.7 cm³/mol. The number of urea groups is 1. The number of benzene rings is 1. The van der Waals surface area contributed by atoms with Crippen LogP contribution in [0.15, 0.2) is 22.7 Å². The van der Waals surface area contributed by atoms with Gasteiger partial charge in [0.25, 0.3) is 0 Å². The van der Waals surface area contributed by atoms with Crippen molar-refractivity contribution in [3.8, 4) is 5.75 Å². The lowest BCUT2D eigenvalue weighted by Gasteiger charge is -2.15. The molecule has 0 aliphatic carbocycles. The van der Waals surface area contributed by atoms with Gasteiger partial charge in [0.05, 0.1) is 12.8 Å². The molecule has 0 heterocycles. The molecule has 0 aliphatic heterocycles. The summed E-state index contributed by atoms with van der Waals surface area (Å²) in [6.45, 7) is 2.20. The molecule has 0 saturated carbocycles. The molecule has 0 bridgehead atoms. The summed E-state index contributed by atoms with van der Waals surface area (Å²) in [4.78, 5) is 22.5. The van der Waals surface area contributed by atoms with Crippen molar-refractivity contribution < 1.29 is 19.4 Å². The smallest absolute Gasteiger partial charge is 0.319 e. The van der Waals surface area contributed by atoms with Crippen LogP contribution in [0.5, 0.6) is 5.75 Å². The van der Waals surface area contributed by atoms with Crippen molar-refractivity contribution in [2.75, 3.05) is 19.0 Å².